The van der Waals surface area contributed by atoms with E-state index >= 15 is 0 Å². The molecule has 3 aromatic rings. The number of fused-ring (bicyclic) bond motifs is 3. The van der Waals surface area contributed by atoms with Crippen LogP contribution in [0.5, 0.6) is 0 Å². The van der Waals surface area contributed by atoms with E-state index in [1.54, 1.807) is 0 Å². The summed E-state index contributed by atoms with van der Waals surface area (Å²) in [5.41, 5.74) is 4.01. The van der Waals surface area contributed by atoms with Crippen molar-refractivity contribution >= 4 is 35.7 Å². The molecule has 4 nitrogen and oxygen atoms in total. The molecule has 0 aliphatic carbocycles. The molecule has 0 radical (unpaired) electrons. The largest absolute Gasteiger partial charge is 0.405 e. The topological polar surface area (TPSA) is 33.2 Å². The first-order chi connectivity index (χ1) is 11.0. The highest BCUT2D eigenvalue weighted by atomic mass is 16.4. The minimum Gasteiger partial charge on any atom is -0.404 e. The van der Waals surface area contributed by atoms with Gasteiger partial charge in [0.25, 0.3) is 11.7 Å². The number of aromatic nitrogens is 2. The van der Waals surface area contributed by atoms with Gasteiger partial charge in [0.05, 0.1) is 24.2 Å². The predicted octanol–water partition coefficient (Wildman–Crippen LogP) is 3.59. The van der Waals surface area contributed by atoms with E-state index < -0.39 is 0 Å². The maximum Gasteiger partial charge on any atom is 0.405 e. The Bertz CT molecular complexity index is 945. The van der Waals surface area contributed by atoms with Crippen molar-refractivity contribution in [2.45, 2.75) is 20.7 Å². The van der Waals surface area contributed by atoms with Crippen molar-refractivity contribution in [2.24, 2.45) is 7.05 Å². The first-order valence-corrected chi connectivity index (χ1v) is 7.88. The normalized spacial score (nSPS) is 13.7. The Hall–Kier alpha value is -2.56. The summed E-state index contributed by atoms with van der Waals surface area (Å²) in [6.07, 6.45) is 4.28. The molecule has 114 valence electrons. The van der Waals surface area contributed by atoms with Crippen LogP contribution < -0.4 is 9.38 Å². The fraction of sp³-hybridized carbons (Fsp3) is 0.222. The number of rotatable bonds is 1. The summed E-state index contributed by atoms with van der Waals surface area (Å²) in [6.45, 7) is 6.48. The summed E-state index contributed by atoms with van der Waals surface area (Å²) in [4.78, 5) is 6.76. The highest BCUT2D eigenvalue weighted by Crippen LogP contribution is 2.39. The zero-order valence-corrected chi connectivity index (χ0v) is 13.9. The third-order valence-corrected chi connectivity index (χ3v) is 4.38. The van der Waals surface area contributed by atoms with Gasteiger partial charge >= 0.3 is 6.85 Å². The Labute approximate surface area is 136 Å². The van der Waals surface area contributed by atoms with Gasteiger partial charge in [-0.2, -0.15) is 0 Å². The quantitative estimate of drug-likeness (QED) is 0.509. The average Bonchev–Trinajstić information content (AvgIpc) is 2.85. The monoisotopic (exact) mass is 304 g/mol. The van der Waals surface area contributed by atoms with Gasteiger partial charge in [-0.05, 0) is 44.4 Å². The number of aryl methyl sites for hydroxylation is 3. The second-order valence-corrected chi connectivity index (χ2v) is 6.27. The molecule has 0 atom stereocenters. The van der Waals surface area contributed by atoms with Crippen LogP contribution >= 0.6 is 0 Å². The van der Waals surface area contributed by atoms with Gasteiger partial charge in [-0.3, -0.25) is 4.81 Å². The molecule has 0 aromatic carbocycles. The van der Waals surface area contributed by atoms with E-state index in [4.69, 9.17) is 4.42 Å². The first kappa shape index (κ1) is 14.1. The highest BCUT2D eigenvalue weighted by Gasteiger charge is 2.37. The molecule has 1 aliphatic heterocycles. The van der Waals surface area contributed by atoms with Crippen LogP contribution in [0.2, 0.25) is 6.82 Å². The van der Waals surface area contributed by atoms with E-state index in [0.29, 0.717) is 5.71 Å². The first-order valence-electron chi connectivity index (χ1n) is 7.88. The minimum absolute atomic E-state index is 0.220. The fourth-order valence-corrected chi connectivity index (χ4v) is 3.23. The molecule has 0 fully saturated rings. The number of nitrogens with zero attached hydrogens (tertiary/aromatic N) is 3. The van der Waals surface area contributed by atoms with Crippen molar-refractivity contribution in [3.05, 3.63) is 53.3 Å². The van der Waals surface area contributed by atoms with Gasteiger partial charge in [0.15, 0.2) is 0 Å². The molecular weight excluding hydrogens is 285 g/mol. The van der Waals surface area contributed by atoms with Crippen LogP contribution in [-0.2, 0) is 7.05 Å². The second-order valence-electron chi connectivity index (χ2n) is 6.27. The number of pyridine rings is 2. The summed E-state index contributed by atoms with van der Waals surface area (Å²) < 4.78 is 8.28. The number of hydrogen-bond donors (Lipinski definition) is 0. The Kier molecular flexibility index (Phi) is 3.05. The summed E-state index contributed by atoms with van der Waals surface area (Å²) in [6, 6.07) is 8.39. The lowest BCUT2D eigenvalue weighted by molar-refractivity contribution is -0.658. The number of furan rings is 1. The van der Waals surface area contributed by atoms with Crippen molar-refractivity contribution in [1.29, 1.82) is 0 Å². The summed E-state index contributed by atoms with van der Waals surface area (Å²) >= 11 is 0. The Morgan fingerprint density at radius 1 is 1.17 bits per heavy atom. The van der Waals surface area contributed by atoms with Gasteiger partial charge in [-0.1, -0.05) is 12.1 Å². The molecule has 3 aromatic heterocycles. The van der Waals surface area contributed by atoms with E-state index in [-0.39, 0.29) is 6.85 Å². The lowest BCUT2D eigenvalue weighted by Crippen LogP contribution is -2.43. The van der Waals surface area contributed by atoms with Crippen LogP contribution in [0.15, 0.2) is 40.9 Å². The van der Waals surface area contributed by atoms with Crippen molar-refractivity contribution in [3.63, 3.8) is 0 Å². The molecule has 0 spiro atoms. The van der Waals surface area contributed by atoms with E-state index in [1.165, 1.54) is 5.56 Å². The van der Waals surface area contributed by atoms with Crippen LogP contribution in [0.4, 0.5) is 11.7 Å². The van der Waals surface area contributed by atoms with E-state index in [1.807, 2.05) is 13.0 Å². The molecule has 4 rings (SSSR count). The van der Waals surface area contributed by atoms with Crippen molar-refractivity contribution < 1.29 is 8.98 Å². The Morgan fingerprint density at radius 2 is 2.00 bits per heavy atom. The summed E-state index contributed by atoms with van der Waals surface area (Å²) in [7, 11) is 2.07. The lowest BCUT2D eigenvalue weighted by Gasteiger charge is -2.22. The maximum absolute atomic E-state index is 6.14. The zero-order valence-electron chi connectivity index (χ0n) is 13.9. The van der Waals surface area contributed by atoms with Crippen molar-refractivity contribution in [3.8, 4) is 0 Å². The standard InChI is InChI=1S/C18H19BN3O/c1-12-5-8-16(21(4)11-12)22-18-15(9-10-19(22)3)14-7-6-13(2)20-17(14)23-18/h5-11H,1-4H3/q+1. The SMILES string of the molecule is CB1C=Cc2c(oc3nc(C)ccc23)N1c1ccc(C)c[n+]1C. The van der Waals surface area contributed by atoms with E-state index in [0.717, 1.165) is 28.3 Å². The molecule has 4 heterocycles. The predicted molar refractivity (Wildman–Crippen MR) is 93.9 cm³/mol. The highest BCUT2D eigenvalue weighted by molar-refractivity contribution is 6.69. The minimum atomic E-state index is 0.220. The van der Waals surface area contributed by atoms with Crippen LogP contribution in [-0.4, -0.2) is 11.8 Å². The molecular formula is C18H19BN3O+. The molecule has 0 amide bonds. The molecule has 0 bridgehead atoms. The fourth-order valence-electron chi connectivity index (χ4n) is 3.23. The number of anilines is 2. The molecule has 23 heavy (non-hydrogen) atoms. The second kappa shape index (κ2) is 4.98. The van der Waals surface area contributed by atoms with Gasteiger partial charge < -0.3 is 4.42 Å². The smallest absolute Gasteiger partial charge is 0.404 e. The van der Waals surface area contributed by atoms with Gasteiger partial charge in [0, 0.05) is 11.8 Å². The van der Waals surface area contributed by atoms with Crippen LogP contribution in [0, 0.1) is 13.8 Å². The molecule has 0 unspecified atom stereocenters. The average molecular weight is 304 g/mol. The van der Waals surface area contributed by atoms with Gasteiger partial charge in [-0.25, -0.2) is 9.55 Å². The lowest BCUT2D eigenvalue weighted by atomic mass is 9.61. The number of hydrogen-bond acceptors (Lipinski definition) is 3. The molecule has 1 aliphatic rings. The summed E-state index contributed by atoms with van der Waals surface area (Å²) in [5.74, 6) is 4.17. The van der Waals surface area contributed by atoms with Crippen LogP contribution in [0.3, 0.4) is 0 Å². The molecule has 0 N–H and O–H groups in total. The third kappa shape index (κ3) is 2.15. The van der Waals surface area contributed by atoms with Crippen LogP contribution in [0.25, 0.3) is 17.2 Å². The Balaban J connectivity index is 1.95. The molecule has 5 heteroatoms. The van der Waals surface area contributed by atoms with E-state index in [9.17, 15) is 0 Å². The maximum atomic E-state index is 6.14. The van der Waals surface area contributed by atoms with Gasteiger partial charge in [0.1, 0.15) is 0 Å². The van der Waals surface area contributed by atoms with Gasteiger partial charge in [0.2, 0.25) is 5.71 Å². The zero-order chi connectivity index (χ0) is 16.1. The van der Waals surface area contributed by atoms with Gasteiger partial charge in [-0.15, -0.1) is 0 Å². The third-order valence-electron chi connectivity index (χ3n) is 4.38. The van der Waals surface area contributed by atoms with E-state index in [2.05, 4.69) is 71.6 Å². The van der Waals surface area contributed by atoms with Crippen molar-refractivity contribution in [2.75, 3.05) is 4.81 Å². The Morgan fingerprint density at radius 3 is 2.78 bits per heavy atom. The van der Waals surface area contributed by atoms with Crippen molar-refractivity contribution in [1.82, 2.24) is 4.98 Å². The van der Waals surface area contributed by atoms with Crippen LogP contribution in [0.1, 0.15) is 16.8 Å². The summed E-state index contributed by atoms with van der Waals surface area (Å²) in [5, 5.41) is 1.06. The molecule has 0 saturated carbocycles. The molecule has 0 saturated heterocycles.